The third-order valence-corrected chi connectivity index (χ3v) is 5.08. The fourth-order valence-corrected chi connectivity index (χ4v) is 3.65. The van der Waals surface area contributed by atoms with Crippen molar-refractivity contribution in [1.82, 2.24) is 14.3 Å². The molecule has 1 aromatic heterocycles. The van der Waals surface area contributed by atoms with Crippen molar-refractivity contribution >= 4 is 10.0 Å². The number of ether oxygens (including phenoxy) is 1. The molecule has 2 heterocycles. The summed E-state index contributed by atoms with van der Waals surface area (Å²) in [7, 11) is -1.73. The molecule has 1 N–H and O–H groups in total. The molecule has 0 aromatic carbocycles. The lowest BCUT2D eigenvalue weighted by Crippen LogP contribution is -2.39. The molecule has 0 bridgehead atoms. The molecule has 6 nitrogen and oxygen atoms in total. The predicted molar refractivity (Wildman–Crippen MR) is 66.7 cm³/mol. The Morgan fingerprint density at radius 2 is 2.17 bits per heavy atom. The first-order valence-electron chi connectivity index (χ1n) is 6.04. The van der Waals surface area contributed by atoms with Crippen LogP contribution in [0.2, 0.25) is 0 Å². The van der Waals surface area contributed by atoms with Gasteiger partial charge in [0.2, 0.25) is 0 Å². The number of rotatable bonds is 4. The fraction of sp³-hybridized carbons (Fsp3) is 0.727. The summed E-state index contributed by atoms with van der Waals surface area (Å²) in [6.45, 7) is 3.55. The fourth-order valence-electron chi connectivity index (χ4n) is 2.22. The van der Waals surface area contributed by atoms with Crippen molar-refractivity contribution in [3.63, 3.8) is 0 Å². The van der Waals surface area contributed by atoms with Crippen LogP contribution in [-0.2, 0) is 14.8 Å². The summed E-state index contributed by atoms with van der Waals surface area (Å²) in [5, 5.41) is 0.185. The first-order valence-corrected chi connectivity index (χ1v) is 7.48. The van der Waals surface area contributed by atoms with E-state index >= 15 is 0 Å². The summed E-state index contributed by atoms with van der Waals surface area (Å²) < 4.78 is 31.2. The number of aromatic nitrogens is 2. The third kappa shape index (κ3) is 2.73. The number of piperidine rings is 1. The van der Waals surface area contributed by atoms with E-state index in [0.717, 1.165) is 12.8 Å². The van der Waals surface area contributed by atoms with E-state index in [1.807, 2.05) is 0 Å². The second-order valence-corrected chi connectivity index (χ2v) is 6.54. The SMILES string of the molecule is COCC1CCN(S(=O)(=O)c2cnc(C)[nH]2)CC1. The third-order valence-electron chi connectivity index (χ3n) is 3.27. The normalized spacial score (nSPS) is 19.2. The van der Waals surface area contributed by atoms with Crippen molar-refractivity contribution in [2.24, 2.45) is 5.92 Å². The van der Waals surface area contributed by atoms with Gasteiger partial charge < -0.3 is 9.72 Å². The van der Waals surface area contributed by atoms with Gasteiger partial charge >= 0.3 is 0 Å². The smallest absolute Gasteiger partial charge is 0.260 e. The molecule has 0 spiro atoms. The largest absolute Gasteiger partial charge is 0.384 e. The number of nitrogens with one attached hydrogen (secondary N) is 1. The number of hydrogen-bond acceptors (Lipinski definition) is 4. The second kappa shape index (κ2) is 5.38. The number of nitrogens with zero attached hydrogens (tertiary/aromatic N) is 2. The minimum absolute atomic E-state index is 0.185. The Hall–Kier alpha value is -0.920. The molecule has 0 saturated carbocycles. The number of H-pyrrole nitrogens is 1. The molecule has 1 aliphatic heterocycles. The van der Waals surface area contributed by atoms with Crippen LogP contribution in [0.1, 0.15) is 18.7 Å². The molecule has 0 amide bonds. The average molecular weight is 273 g/mol. The second-order valence-electron chi connectivity index (χ2n) is 4.64. The van der Waals surface area contributed by atoms with Crippen LogP contribution >= 0.6 is 0 Å². The van der Waals surface area contributed by atoms with E-state index in [9.17, 15) is 8.42 Å². The first-order chi connectivity index (χ1) is 8.54. The van der Waals surface area contributed by atoms with Gasteiger partial charge in [0.25, 0.3) is 10.0 Å². The van der Waals surface area contributed by atoms with Crippen molar-refractivity contribution < 1.29 is 13.2 Å². The summed E-state index contributed by atoms with van der Waals surface area (Å²) in [5.74, 6) is 1.08. The zero-order chi connectivity index (χ0) is 13.2. The van der Waals surface area contributed by atoms with Crippen molar-refractivity contribution in [2.45, 2.75) is 24.8 Å². The zero-order valence-corrected chi connectivity index (χ0v) is 11.5. The van der Waals surface area contributed by atoms with Crippen molar-refractivity contribution in [3.8, 4) is 0 Å². The maximum Gasteiger partial charge on any atom is 0.260 e. The molecule has 1 aromatic rings. The van der Waals surface area contributed by atoms with Crippen molar-refractivity contribution in [3.05, 3.63) is 12.0 Å². The highest BCUT2D eigenvalue weighted by molar-refractivity contribution is 7.89. The number of methoxy groups -OCH3 is 1. The van der Waals surface area contributed by atoms with Gasteiger partial charge in [-0.3, -0.25) is 0 Å². The zero-order valence-electron chi connectivity index (χ0n) is 10.7. The lowest BCUT2D eigenvalue weighted by atomic mass is 9.99. The van der Waals surface area contributed by atoms with Crippen LogP contribution < -0.4 is 0 Å². The Balaban J connectivity index is 2.05. The first kappa shape index (κ1) is 13.5. The van der Waals surface area contributed by atoms with Gasteiger partial charge in [-0.1, -0.05) is 0 Å². The molecule has 0 atom stereocenters. The standard InChI is InChI=1S/C11H19N3O3S/c1-9-12-7-11(13-9)18(15,16)14-5-3-10(4-6-14)8-17-2/h7,10H,3-6,8H2,1-2H3,(H,12,13). The topological polar surface area (TPSA) is 75.3 Å². The van der Waals surface area contributed by atoms with E-state index < -0.39 is 10.0 Å². The van der Waals surface area contributed by atoms with Gasteiger partial charge in [0, 0.05) is 26.8 Å². The molecular weight excluding hydrogens is 254 g/mol. The van der Waals surface area contributed by atoms with Crippen LogP contribution in [0, 0.1) is 12.8 Å². The molecule has 0 aliphatic carbocycles. The van der Waals surface area contributed by atoms with Gasteiger partial charge in [0.05, 0.1) is 6.20 Å². The molecule has 102 valence electrons. The predicted octanol–water partition coefficient (Wildman–Crippen LogP) is 0.765. The quantitative estimate of drug-likeness (QED) is 0.879. The van der Waals surface area contributed by atoms with Crippen LogP contribution in [0.25, 0.3) is 0 Å². The van der Waals surface area contributed by atoms with Crippen molar-refractivity contribution in [1.29, 1.82) is 0 Å². The molecule has 0 unspecified atom stereocenters. The van der Waals surface area contributed by atoms with E-state index in [2.05, 4.69) is 9.97 Å². The summed E-state index contributed by atoms with van der Waals surface area (Å²) in [4.78, 5) is 6.73. The van der Waals surface area contributed by atoms with E-state index in [-0.39, 0.29) is 5.03 Å². The van der Waals surface area contributed by atoms with Crippen LogP contribution in [0.15, 0.2) is 11.2 Å². The van der Waals surface area contributed by atoms with E-state index in [1.165, 1.54) is 10.5 Å². The molecule has 7 heteroatoms. The molecule has 0 radical (unpaired) electrons. The maximum absolute atomic E-state index is 12.3. The van der Waals surface area contributed by atoms with Gasteiger partial charge in [-0.05, 0) is 25.7 Å². The summed E-state index contributed by atoms with van der Waals surface area (Å²) >= 11 is 0. The Bertz CT molecular complexity index is 489. The van der Waals surface area contributed by atoms with Gasteiger partial charge in [-0.15, -0.1) is 0 Å². The monoisotopic (exact) mass is 273 g/mol. The van der Waals surface area contributed by atoms with Crippen LogP contribution in [0.3, 0.4) is 0 Å². The van der Waals surface area contributed by atoms with E-state index in [4.69, 9.17) is 4.74 Å². The maximum atomic E-state index is 12.3. The van der Waals surface area contributed by atoms with Gasteiger partial charge in [0.1, 0.15) is 5.82 Å². The minimum Gasteiger partial charge on any atom is -0.384 e. The Morgan fingerprint density at radius 3 is 2.67 bits per heavy atom. The summed E-state index contributed by atoms with van der Waals surface area (Å²) in [6.07, 6.45) is 3.08. The number of imidazole rings is 1. The molecular formula is C11H19N3O3S. The van der Waals surface area contributed by atoms with E-state index in [1.54, 1.807) is 14.0 Å². The lowest BCUT2D eigenvalue weighted by Gasteiger charge is -2.30. The summed E-state index contributed by atoms with van der Waals surface area (Å²) in [6, 6.07) is 0. The van der Waals surface area contributed by atoms with Crippen molar-refractivity contribution in [2.75, 3.05) is 26.8 Å². The number of sulfonamides is 1. The van der Waals surface area contributed by atoms with E-state index in [0.29, 0.717) is 31.4 Å². The van der Waals surface area contributed by atoms with Crippen LogP contribution in [0.5, 0.6) is 0 Å². The number of aryl methyl sites for hydroxylation is 1. The lowest BCUT2D eigenvalue weighted by molar-refractivity contribution is 0.121. The number of aromatic amines is 1. The Kier molecular flexibility index (Phi) is 4.04. The van der Waals surface area contributed by atoms with Crippen LogP contribution in [0.4, 0.5) is 0 Å². The van der Waals surface area contributed by atoms with Crippen LogP contribution in [-0.4, -0.2) is 49.5 Å². The Labute approximate surface area is 107 Å². The highest BCUT2D eigenvalue weighted by Gasteiger charge is 2.30. The highest BCUT2D eigenvalue weighted by Crippen LogP contribution is 2.22. The minimum atomic E-state index is -3.41. The van der Waals surface area contributed by atoms with Gasteiger partial charge in [0.15, 0.2) is 5.03 Å². The molecule has 1 saturated heterocycles. The molecule has 1 aliphatic rings. The highest BCUT2D eigenvalue weighted by atomic mass is 32.2. The number of hydrogen-bond donors (Lipinski definition) is 1. The molecule has 18 heavy (non-hydrogen) atoms. The van der Waals surface area contributed by atoms with Gasteiger partial charge in [-0.25, -0.2) is 13.4 Å². The summed E-state index contributed by atoms with van der Waals surface area (Å²) in [5.41, 5.74) is 0. The average Bonchev–Trinajstić information content (AvgIpc) is 2.78. The van der Waals surface area contributed by atoms with Gasteiger partial charge in [-0.2, -0.15) is 4.31 Å². The molecule has 1 fully saturated rings. The molecule has 2 rings (SSSR count). The Morgan fingerprint density at radius 1 is 1.50 bits per heavy atom.